The van der Waals surface area contributed by atoms with E-state index in [2.05, 4.69) is 49.7 Å². The maximum atomic E-state index is 5.23. The van der Waals surface area contributed by atoms with Gasteiger partial charge >= 0.3 is 0 Å². The van der Waals surface area contributed by atoms with Gasteiger partial charge in [-0.15, -0.1) is 0 Å². The highest BCUT2D eigenvalue weighted by Gasteiger charge is 2.18. The highest BCUT2D eigenvalue weighted by atomic mass is 16.5. The molecule has 0 amide bonds. The van der Waals surface area contributed by atoms with Gasteiger partial charge in [0.25, 0.3) is 0 Å². The molecule has 2 heterocycles. The first-order valence-corrected chi connectivity index (χ1v) is 8.35. The molecule has 0 bridgehead atoms. The molecule has 1 fully saturated rings. The first kappa shape index (κ1) is 15.0. The second-order valence-corrected chi connectivity index (χ2v) is 6.15. The van der Waals surface area contributed by atoms with Crippen LogP contribution in [-0.2, 0) is 6.67 Å². The maximum absolute atomic E-state index is 5.23. The summed E-state index contributed by atoms with van der Waals surface area (Å²) < 4.78 is 7.47. The Morgan fingerprint density at radius 3 is 2.46 bits per heavy atom. The van der Waals surface area contributed by atoms with E-state index in [1.165, 1.54) is 11.2 Å². The molecule has 1 aliphatic rings. The van der Waals surface area contributed by atoms with Crippen molar-refractivity contribution >= 4 is 16.7 Å². The predicted octanol–water partition coefficient (Wildman–Crippen LogP) is 2.82. The number of rotatable bonds is 4. The quantitative estimate of drug-likeness (QED) is 0.740. The topological polar surface area (TPSA) is 33.5 Å². The zero-order valence-corrected chi connectivity index (χ0v) is 13.9. The molecular formula is C19H22N4O. The Balaban J connectivity index is 1.39. The molecule has 4 rings (SSSR count). The fourth-order valence-electron chi connectivity index (χ4n) is 3.28. The Labute approximate surface area is 142 Å². The fourth-order valence-corrected chi connectivity index (χ4v) is 3.28. The molecule has 2 aromatic carbocycles. The predicted molar refractivity (Wildman–Crippen MR) is 96.5 cm³/mol. The Morgan fingerprint density at radius 2 is 1.71 bits per heavy atom. The lowest BCUT2D eigenvalue weighted by molar-refractivity contribution is 0.209. The molecule has 24 heavy (non-hydrogen) atoms. The minimum absolute atomic E-state index is 0.900. The van der Waals surface area contributed by atoms with E-state index in [-0.39, 0.29) is 0 Å². The number of methoxy groups -OCH3 is 1. The van der Waals surface area contributed by atoms with Crippen molar-refractivity contribution in [2.75, 3.05) is 38.2 Å². The molecule has 3 aromatic rings. The molecule has 0 unspecified atom stereocenters. The summed E-state index contributed by atoms with van der Waals surface area (Å²) in [6.45, 7) is 5.09. The third kappa shape index (κ3) is 2.95. The van der Waals surface area contributed by atoms with Gasteiger partial charge in [-0.2, -0.15) is 0 Å². The average molecular weight is 322 g/mol. The number of fused-ring (bicyclic) bond motifs is 1. The average Bonchev–Trinajstić information content (AvgIpc) is 3.06. The molecule has 5 heteroatoms. The van der Waals surface area contributed by atoms with Crippen molar-refractivity contribution in [3.8, 4) is 5.75 Å². The van der Waals surface area contributed by atoms with Gasteiger partial charge in [0.05, 0.1) is 31.1 Å². The first-order valence-electron chi connectivity index (χ1n) is 8.35. The van der Waals surface area contributed by atoms with Crippen LogP contribution in [0.4, 0.5) is 5.69 Å². The summed E-state index contributed by atoms with van der Waals surface area (Å²) in [7, 11) is 1.70. The van der Waals surface area contributed by atoms with Crippen LogP contribution in [0.25, 0.3) is 11.0 Å². The van der Waals surface area contributed by atoms with E-state index in [0.29, 0.717) is 0 Å². The lowest BCUT2D eigenvalue weighted by Gasteiger charge is -2.36. The number of ether oxygens (including phenoxy) is 1. The summed E-state index contributed by atoms with van der Waals surface area (Å²) >= 11 is 0. The minimum atomic E-state index is 0.900. The summed E-state index contributed by atoms with van der Waals surface area (Å²) in [5, 5.41) is 0. The van der Waals surface area contributed by atoms with Gasteiger partial charge in [-0.25, -0.2) is 4.98 Å². The zero-order valence-electron chi connectivity index (χ0n) is 13.9. The summed E-state index contributed by atoms with van der Waals surface area (Å²) in [4.78, 5) is 9.39. The molecule has 0 atom stereocenters. The smallest absolute Gasteiger partial charge is 0.119 e. The van der Waals surface area contributed by atoms with E-state index in [1.807, 2.05) is 24.5 Å². The van der Waals surface area contributed by atoms with Crippen molar-refractivity contribution < 1.29 is 4.74 Å². The standard InChI is InChI=1S/C19H22N4O/c1-24-17-8-6-16(7-9-17)22-12-10-21(11-13-22)15-23-14-20-18-4-2-3-5-19(18)23/h2-9,14H,10-13,15H2,1H3. The largest absolute Gasteiger partial charge is 0.497 e. The second kappa shape index (κ2) is 6.53. The van der Waals surface area contributed by atoms with Crippen LogP contribution in [0, 0.1) is 0 Å². The molecule has 1 aliphatic heterocycles. The highest BCUT2D eigenvalue weighted by molar-refractivity contribution is 5.74. The van der Waals surface area contributed by atoms with Gasteiger partial charge in [-0.05, 0) is 36.4 Å². The Hall–Kier alpha value is -2.53. The molecular weight excluding hydrogens is 300 g/mol. The lowest BCUT2D eigenvalue weighted by Crippen LogP contribution is -2.46. The lowest BCUT2D eigenvalue weighted by atomic mass is 10.2. The Bertz CT molecular complexity index is 804. The third-order valence-corrected chi connectivity index (χ3v) is 4.69. The van der Waals surface area contributed by atoms with Crippen LogP contribution in [0.2, 0.25) is 0 Å². The number of anilines is 1. The van der Waals surface area contributed by atoms with Crippen molar-refractivity contribution in [3.05, 3.63) is 54.9 Å². The van der Waals surface area contributed by atoms with Gasteiger partial charge in [0.2, 0.25) is 0 Å². The van der Waals surface area contributed by atoms with Gasteiger partial charge in [0, 0.05) is 31.9 Å². The van der Waals surface area contributed by atoms with Crippen LogP contribution in [-0.4, -0.2) is 47.7 Å². The Morgan fingerprint density at radius 1 is 0.958 bits per heavy atom. The molecule has 0 spiro atoms. The SMILES string of the molecule is COc1ccc(N2CCN(Cn3cnc4ccccc43)CC2)cc1. The first-order chi connectivity index (χ1) is 11.8. The van der Waals surface area contributed by atoms with Crippen LogP contribution in [0.3, 0.4) is 0 Å². The zero-order chi connectivity index (χ0) is 16.4. The van der Waals surface area contributed by atoms with Crippen LogP contribution in [0.5, 0.6) is 5.75 Å². The number of para-hydroxylation sites is 2. The maximum Gasteiger partial charge on any atom is 0.119 e. The van der Waals surface area contributed by atoms with E-state index in [9.17, 15) is 0 Å². The molecule has 0 radical (unpaired) electrons. The van der Waals surface area contributed by atoms with E-state index in [4.69, 9.17) is 4.74 Å². The molecule has 0 aliphatic carbocycles. The summed E-state index contributed by atoms with van der Waals surface area (Å²) in [6, 6.07) is 16.6. The second-order valence-electron chi connectivity index (χ2n) is 6.15. The van der Waals surface area contributed by atoms with Crippen molar-refractivity contribution in [1.29, 1.82) is 0 Å². The van der Waals surface area contributed by atoms with Gasteiger partial charge in [-0.1, -0.05) is 12.1 Å². The third-order valence-electron chi connectivity index (χ3n) is 4.69. The van der Waals surface area contributed by atoms with Crippen LogP contribution >= 0.6 is 0 Å². The number of piperazine rings is 1. The normalized spacial score (nSPS) is 15.8. The van der Waals surface area contributed by atoms with E-state index < -0.39 is 0 Å². The van der Waals surface area contributed by atoms with Crippen LogP contribution < -0.4 is 9.64 Å². The van der Waals surface area contributed by atoms with E-state index >= 15 is 0 Å². The molecule has 0 saturated carbocycles. The van der Waals surface area contributed by atoms with Crippen molar-refractivity contribution in [2.24, 2.45) is 0 Å². The summed E-state index contributed by atoms with van der Waals surface area (Å²) in [5.41, 5.74) is 3.54. The number of imidazole rings is 1. The summed E-state index contributed by atoms with van der Waals surface area (Å²) in [6.07, 6.45) is 1.94. The number of nitrogens with zero attached hydrogens (tertiary/aromatic N) is 4. The van der Waals surface area contributed by atoms with Gasteiger partial charge in [0.1, 0.15) is 5.75 Å². The molecule has 5 nitrogen and oxygen atoms in total. The van der Waals surface area contributed by atoms with Crippen LogP contribution in [0.15, 0.2) is 54.9 Å². The minimum Gasteiger partial charge on any atom is -0.497 e. The summed E-state index contributed by atoms with van der Waals surface area (Å²) in [5.74, 6) is 0.907. The Kier molecular flexibility index (Phi) is 4.09. The highest BCUT2D eigenvalue weighted by Crippen LogP contribution is 2.21. The van der Waals surface area contributed by atoms with Crippen molar-refractivity contribution in [1.82, 2.24) is 14.5 Å². The molecule has 1 aromatic heterocycles. The van der Waals surface area contributed by atoms with Crippen molar-refractivity contribution in [2.45, 2.75) is 6.67 Å². The van der Waals surface area contributed by atoms with Crippen LogP contribution in [0.1, 0.15) is 0 Å². The number of aromatic nitrogens is 2. The van der Waals surface area contributed by atoms with E-state index in [1.54, 1.807) is 7.11 Å². The monoisotopic (exact) mass is 322 g/mol. The van der Waals surface area contributed by atoms with E-state index in [0.717, 1.165) is 44.1 Å². The number of benzene rings is 2. The van der Waals surface area contributed by atoms with Gasteiger partial charge in [0.15, 0.2) is 0 Å². The molecule has 0 N–H and O–H groups in total. The van der Waals surface area contributed by atoms with Crippen molar-refractivity contribution in [3.63, 3.8) is 0 Å². The van der Waals surface area contributed by atoms with Gasteiger partial charge < -0.3 is 14.2 Å². The number of hydrogen-bond donors (Lipinski definition) is 0. The van der Waals surface area contributed by atoms with Gasteiger partial charge in [-0.3, -0.25) is 4.90 Å². The molecule has 1 saturated heterocycles. The number of hydrogen-bond acceptors (Lipinski definition) is 4. The molecule has 124 valence electrons. The fraction of sp³-hybridized carbons (Fsp3) is 0.316.